The molecule has 0 radical (unpaired) electrons. The molecule has 6 rings (SSSR count). The van der Waals surface area contributed by atoms with Crippen LogP contribution in [-0.4, -0.2) is 52.6 Å². The third-order valence-electron chi connectivity index (χ3n) is 8.60. The molecule has 3 aliphatic rings. The van der Waals surface area contributed by atoms with Crippen molar-refractivity contribution in [2.24, 2.45) is 5.41 Å². The van der Waals surface area contributed by atoms with Crippen LogP contribution in [0.3, 0.4) is 0 Å². The molecule has 1 aliphatic carbocycles. The number of nitrogens with one attached hydrogen (secondary N) is 1. The summed E-state index contributed by atoms with van der Waals surface area (Å²) >= 11 is 2.26. The van der Waals surface area contributed by atoms with Gasteiger partial charge in [0.1, 0.15) is 17.1 Å². The Morgan fingerprint density at radius 2 is 1.94 bits per heavy atom. The van der Waals surface area contributed by atoms with Crippen molar-refractivity contribution in [1.82, 2.24) is 25.1 Å². The molecule has 1 saturated carbocycles. The lowest BCUT2D eigenvalue weighted by Crippen LogP contribution is -2.58. The van der Waals surface area contributed by atoms with Gasteiger partial charge in [0.2, 0.25) is 0 Å². The summed E-state index contributed by atoms with van der Waals surface area (Å²) in [5, 5.41) is 8.68. The van der Waals surface area contributed by atoms with E-state index in [-0.39, 0.29) is 6.23 Å². The van der Waals surface area contributed by atoms with E-state index < -0.39 is 0 Å². The molecule has 3 aromatic rings. The summed E-state index contributed by atoms with van der Waals surface area (Å²) in [4.78, 5) is 12.2. The number of anilines is 1. The molecule has 1 spiro atoms. The number of ether oxygens (including phenoxy) is 2. The van der Waals surface area contributed by atoms with Crippen LogP contribution in [0.25, 0.3) is 11.2 Å². The van der Waals surface area contributed by atoms with Gasteiger partial charge in [-0.1, -0.05) is 12.1 Å². The minimum atomic E-state index is -0.0339. The average molecular weight is 603 g/mol. The standard InChI is InChI=1S/C27H35IN6O2/c1-18(19-6-8-20(35-2)9-7-19)30-21-10-11-27(21)12-14-33(15-13-27)22-17-29-24-25(28)32-34(26(24)31-22)23-5-3-4-16-36-23/h6-9,17-18,21,23,30H,3-5,10-16H2,1-2H3/t18-,21-,23?/m0/s1. The van der Waals surface area contributed by atoms with Gasteiger partial charge in [0.25, 0.3) is 0 Å². The average Bonchev–Trinajstić information content (AvgIpc) is 3.27. The summed E-state index contributed by atoms with van der Waals surface area (Å²) in [6, 6.07) is 9.33. The molecule has 1 unspecified atom stereocenters. The Kier molecular flexibility index (Phi) is 6.81. The predicted octanol–water partition coefficient (Wildman–Crippen LogP) is 5.24. The van der Waals surface area contributed by atoms with E-state index in [1.165, 1.54) is 31.2 Å². The summed E-state index contributed by atoms with van der Waals surface area (Å²) in [5.74, 6) is 1.87. The number of piperidine rings is 1. The SMILES string of the molecule is COc1ccc([C@H](C)N[C@H]2CCC23CCN(c2cnc4c(I)nn(C5CCCCO5)c4n2)CC3)cc1. The second-order valence-electron chi connectivity index (χ2n) is 10.6. The minimum Gasteiger partial charge on any atom is -0.497 e. The number of aromatic nitrogens is 4. The lowest BCUT2D eigenvalue weighted by atomic mass is 9.59. The zero-order valence-corrected chi connectivity index (χ0v) is 23.3. The van der Waals surface area contributed by atoms with E-state index in [0.29, 0.717) is 17.5 Å². The first-order chi connectivity index (χ1) is 17.6. The van der Waals surface area contributed by atoms with Crippen LogP contribution in [0.1, 0.15) is 69.7 Å². The summed E-state index contributed by atoms with van der Waals surface area (Å²) < 4.78 is 14.2. The van der Waals surface area contributed by atoms with Gasteiger partial charge in [-0.2, -0.15) is 5.10 Å². The van der Waals surface area contributed by atoms with Crippen molar-refractivity contribution < 1.29 is 9.47 Å². The van der Waals surface area contributed by atoms with E-state index >= 15 is 0 Å². The number of benzene rings is 1. The van der Waals surface area contributed by atoms with Crippen molar-refractivity contribution in [3.63, 3.8) is 0 Å². The molecule has 3 fully saturated rings. The fourth-order valence-corrected chi connectivity index (χ4v) is 6.77. The summed E-state index contributed by atoms with van der Waals surface area (Å²) in [6.45, 7) is 5.09. The highest BCUT2D eigenvalue weighted by atomic mass is 127. The first kappa shape index (κ1) is 24.4. The van der Waals surface area contributed by atoms with Crippen molar-refractivity contribution in [2.75, 3.05) is 31.7 Å². The number of methoxy groups -OCH3 is 1. The van der Waals surface area contributed by atoms with E-state index in [9.17, 15) is 0 Å². The molecule has 192 valence electrons. The molecule has 36 heavy (non-hydrogen) atoms. The van der Waals surface area contributed by atoms with E-state index in [2.05, 4.69) is 51.9 Å². The maximum atomic E-state index is 6.01. The molecule has 3 atom stereocenters. The summed E-state index contributed by atoms with van der Waals surface area (Å²) in [5.41, 5.74) is 3.42. The van der Waals surface area contributed by atoms with Crippen molar-refractivity contribution in [3.05, 3.63) is 39.7 Å². The Hall–Kier alpha value is -1.98. The Labute approximate surface area is 226 Å². The highest BCUT2D eigenvalue weighted by Crippen LogP contribution is 2.50. The highest BCUT2D eigenvalue weighted by Gasteiger charge is 2.48. The topological polar surface area (TPSA) is 77.3 Å². The van der Waals surface area contributed by atoms with E-state index in [0.717, 1.165) is 65.4 Å². The van der Waals surface area contributed by atoms with Gasteiger partial charge in [-0.3, -0.25) is 0 Å². The van der Waals surface area contributed by atoms with E-state index in [4.69, 9.17) is 24.5 Å². The lowest BCUT2D eigenvalue weighted by molar-refractivity contribution is -0.0372. The third-order valence-corrected chi connectivity index (χ3v) is 9.32. The van der Waals surface area contributed by atoms with Gasteiger partial charge in [-0.15, -0.1) is 0 Å². The smallest absolute Gasteiger partial charge is 0.182 e. The molecule has 0 amide bonds. The number of hydrogen-bond donors (Lipinski definition) is 1. The zero-order valence-electron chi connectivity index (χ0n) is 21.1. The maximum absolute atomic E-state index is 6.01. The lowest BCUT2D eigenvalue weighted by Gasteiger charge is -2.55. The van der Waals surface area contributed by atoms with Crippen molar-refractivity contribution in [2.45, 2.75) is 70.2 Å². The fraction of sp³-hybridized carbons (Fsp3) is 0.593. The number of hydrogen-bond acceptors (Lipinski definition) is 7. The number of rotatable bonds is 6. The molecule has 0 bridgehead atoms. The Bertz CT molecular complexity index is 1200. The summed E-state index contributed by atoms with van der Waals surface area (Å²) in [6.07, 6.45) is 10.1. The van der Waals surface area contributed by atoms with Crippen LogP contribution in [0.4, 0.5) is 5.82 Å². The van der Waals surface area contributed by atoms with Gasteiger partial charge in [0.05, 0.1) is 13.3 Å². The molecular weight excluding hydrogens is 567 g/mol. The number of nitrogens with zero attached hydrogens (tertiary/aromatic N) is 5. The van der Waals surface area contributed by atoms with Crippen molar-refractivity contribution in [1.29, 1.82) is 0 Å². The number of halogens is 1. The molecule has 8 nitrogen and oxygen atoms in total. The summed E-state index contributed by atoms with van der Waals surface area (Å²) in [7, 11) is 1.71. The van der Waals surface area contributed by atoms with Crippen LogP contribution in [0.5, 0.6) is 5.75 Å². The third kappa shape index (κ3) is 4.47. The zero-order chi connectivity index (χ0) is 24.7. The van der Waals surface area contributed by atoms with Crippen LogP contribution < -0.4 is 15.0 Å². The maximum Gasteiger partial charge on any atom is 0.182 e. The van der Waals surface area contributed by atoms with Gasteiger partial charge >= 0.3 is 0 Å². The fourth-order valence-electron chi connectivity index (χ4n) is 6.16. The van der Waals surface area contributed by atoms with Crippen LogP contribution in [-0.2, 0) is 4.74 Å². The molecule has 1 N–H and O–H groups in total. The quantitative estimate of drug-likeness (QED) is 0.387. The molecule has 1 aromatic carbocycles. The number of fused-ring (bicyclic) bond motifs is 1. The Morgan fingerprint density at radius 1 is 1.14 bits per heavy atom. The van der Waals surface area contributed by atoms with E-state index in [1.807, 2.05) is 23.0 Å². The minimum absolute atomic E-state index is 0.0339. The molecule has 2 aromatic heterocycles. The van der Waals surface area contributed by atoms with Crippen LogP contribution in [0, 0.1) is 9.12 Å². The van der Waals surface area contributed by atoms with Crippen LogP contribution >= 0.6 is 22.6 Å². The predicted molar refractivity (Wildman–Crippen MR) is 148 cm³/mol. The monoisotopic (exact) mass is 602 g/mol. The largest absolute Gasteiger partial charge is 0.497 e. The highest BCUT2D eigenvalue weighted by molar-refractivity contribution is 14.1. The Balaban J connectivity index is 1.13. The van der Waals surface area contributed by atoms with Crippen molar-refractivity contribution in [3.8, 4) is 5.75 Å². The van der Waals surface area contributed by atoms with Gasteiger partial charge in [-0.25, -0.2) is 14.6 Å². The molecule has 4 heterocycles. The normalized spacial score (nSPS) is 24.6. The van der Waals surface area contributed by atoms with Gasteiger partial charge in [-0.05, 0) is 97.6 Å². The van der Waals surface area contributed by atoms with Gasteiger partial charge < -0.3 is 19.7 Å². The van der Waals surface area contributed by atoms with Gasteiger partial charge in [0, 0.05) is 31.8 Å². The van der Waals surface area contributed by atoms with E-state index in [1.54, 1.807) is 7.11 Å². The first-order valence-electron chi connectivity index (χ1n) is 13.2. The molecule has 9 heteroatoms. The van der Waals surface area contributed by atoms with Crippen LogP contribution in [0.2, 0.25) is 0 Å². The molecule has 2 aliphatic heterocycles. The first-order valence-corrected chi connectivity index (χ1v) is 14.3. The van der Waals surface area contributed by atoms with Crippen LogP contribution in [0.15, 0.2) is 30.5 Å². The molecular formula is C27H35IN6O2. The molecule has 2 saturated heterocycles. The Morgan fingerprint density at radius 3 is 2.61 bits per heavy atom. The van der Waals surface area contributed by atoms with Crippen molar-refractivity contribution >= 4 is 39.6 Å². The second kappa shape index (κ2) is 10.1. The second-order valence-corrected chi connectivity index (χ2v) is 11.6. The van der Waals surface area contributed by atoms with Gasteiger partial charge in [0.15, 0.2) is 15.6 Å².